The minimum Gasteiger partial charge on any atom is -0.356 e. The van der Waals surface area contributed by atoms with Gasteiger partial charge in [0, 0.05) is 30.4 Å². The van der Waals surface area contributed by atoms with E-state index in [4.69, 9.17) is 11.6 Å². The number of amides is 2. The number of nitrogens with one attached hydrogen (secondary N) is 1. The highest BCUT2D eigenvalue weighted by atomic mass is 35.5. The van der Waals surface area contributed by atoms with E-state index in [2.05, 4.69) is 5.32 Å². The summed E-state index contributed by atoms with van der Waals surface area (Å²) in [6.07, 6.45) is 0.757. The van der Waals surface area contributed by atoms with E-state index in [-0.39, 0.29) is 17.7 Å². The Morgan fingerprint density at radius 2 is 2.18 bits per heavy atom. The van der Waals surface area contributed by atoms with Crippen molar-refractivity contribution in [3.8, 4) is 0 Å². The van der Waals surface area contributed by atoms with Gasteiger partial charge in [0.1, 0.15) is 0 Å². The van der Waals surface area contributed by atoms with Gasteiger partial charge in [0.25, 0.3) is 0 Å². The summed E-state index contributed by atoms with van der Waals surface area (Å²) in [5.74, 6) is 1.25. The molecule has 0 unspecified atom stereocenters. The number of thioether (sulfide) groups is 1. The second kappa shape index (κ2) is 8.44. The number of hydrogen-bond acceptors (Lipinski definition) is 3. The zero-order chi connectivity index (χ0) is 15.9. The maximum atomic E-state index is 12.2. The predicted molar refractivity (Wildman–Crippen MR) is 91.0 cm³/mol. The van der Waals surface area contributed by atoms with Crippen LogP contribution in [0, 0.1) is 5.92 Å². The lowest BCUT2D eigenvalue weighted by Crippen LogP contribution is -2.35. The monoisotopic (exact) mass is 340 g/mol. The number of benzene rings is 1. The number of carbonyl (C=O) groups is 2. The molecule has 0 aromatic heterocycles. The maximum absolute atomic E-state index is 12.2. The van der Waals surface area contributed by atoms with E-state index in [0.717, 1.165) is 22.8 Å². The van der Waals surface area contributed by atoms with Gasteiger partial charge in [0.2, 0.25) is 11.8 Å². The number of halogens is 1. The zero-order valence-electron chi connectivity index (χ0n) is 12.7. The first-order valence-corrected chi connectivity index (χ1v) is 9.01. The molecule has 1 aromatic carbocycles. The van der Waals surface area contributed by atoms with Gasteiger partial charge in [-0.15, -0.1) is 11.8 Å². The van der Waals surface area contributed by atoms with Gasteiger partial charge in [-0.1, -0.05) is 29.8 Å². The lowest BCUT2D eigenvalue weighted by Gasteiger charge is -2.16. The minimum atomic E-state index is -0.0579. The molecule has 1 N–H and O–H groups in total. The molecule has 1 saturated heterocycles. The molecule has 1 aliphatic heterocycles. The van der Waals surface area contributed by atoms with Crippen LogP contribution in [0.25, 0.3) is 0 Å². The third-order valence-electron chi connectivity index (χ3n) is 3.70. The van der Waals surface area contributed by atoms with Crippen LogP contribution in [0.4, 0.5) is 0 Å². The van der Waals surface area contributed by atoms with Gasteiger partial charge < -0.3 is 10.2 Å². The van der Waals surface area contributed by atoms with E-state index in [0.29, 0.717) is 25.4 Å². The normalized spacial score (nSPS) is 17.5. The molecule has 0 saturated carbocycles. The van der Waals surface area contributed by atoms with Crippen LogP contribution in [0.1, 0.15) is 18.9 Å². The van der Waals surface area contributed by atoms with Gasteiger partial charge in [0.15, 0.2) is 0 Å². The van der Waals surface area contributed by atoms with Gasteiger partial charge in [-0.3, -0.25) is 9.59 Å². The van der Waals surface area contributed by atoms with Gasteiger partial charge in [-0.05, 0) is 25.0 Å². The third-order valence-corrected chi connectivity index (χ3v) is 5.04. The molecule has 1 aromatic rings. The molecule has 22 heavy (non-hydrogen) atoms. The van der Waals surface area contributed by atoms with Crippen molar-refractivity contribution < 1.29 is 9.59 Å². The van der Waals surface area contributed by atoms with Crippen molar-refractivity contribution in [2.24, 2.45) is 5.92 Å². The van der Waals surface area contributed by atoms with Crippen LogP contribution in [-0.2, 0) is 15.3 Å². The average Bonchev–Trinajstić information content (AvgIpc) is 2.99. The standard InChI is InChI=1S/C16H21ClN2O2S/c1-2-18-16(21)12-7-8-19(9-12)15(20)11-22-10-13-5-3-4-6-14(13)17/h3-6,12H,2,7-11H2,1H3,(H,18,21)/t12-/m1/s1. The number of carbonyl (C=O) groups excluding carboxylic acids is 2. The first kappa shape index (κ1) is 17.2. The molecule has 0 radical (unpaired) electrons. The molecule has 2 rings (SSSR count). The topological polar surface area (TPSA) is 49.4 Å². The fourth-order valence-electron chi connectivity index (χ4n) is 2.47. The molecule has 2 amide bonds. The Morgan fingerprint density at radius 3 is 2.91 bits per heavy atom. The molecule has 6 heteroatoms. The van der Waals surface area contributed by atoms with E-state index in [1.165, 1.54) is 0 Å². The Bertz CT molecular complexity index is 539. The molecule has 120 valence electrons. The highest BCUT2D eigenvalue weighted by Crippen LogP contribution is 2.22. The fraction of sp³-hybridized carbons (Fsp3) is 0.500. The van der Waals surface area contributed by atoms with Crippen LogP contribution in [0.3, 0.4) is 0 Å². The van der Waals surface area contributed by atoms with E-state index in [1.807, 2.05) is 31.2 Å². The van der Waals surface area contributed by atoms with Crippen LogP contribution < -0.4 is 5.32 Å². The zero-order valence-corrected chi connectivity index (χ0v) is 14.3. The SMILES string of the molecule is CCNC(=O)[C@@H]1CCN(C(=O)CSCc2ccccc2Cl)C1. The molecule has 0 spiro atoms. The van der Waals surface area contributed by atoms with Gasteiger partial charge >= 0.3 is 0 Å². The number of likely N-dealkylation sites (tertiary alicyclic amines) is 1. The summed E-state index contributed by atoms with van der Waals surface area (Å²) < 4.78 is 0. The van der Waals surface area contributed by atoms with Crippen LogP contribution in [0.2, 0.25) is 5.02 Å². The molecule has 1 heterocycles. The lowest BCUT2D eigenvalue weighted by atomic mass is 10.1. The Morgan fingerprint density at radius 1 is 1.41 bits per heavy atom. The molecule has 1 aliphatic rings. The van der Waals surface area contributed by atoms with Gasteiger partial charge in [-0.2, -0.15) is 0 Å². The van der Waals surface area contributed by atoms with Crippen LogP contribution in [-0.4, -0.2) is 42.1 Å². The summed E-state index contributed by atoms with van der Waals surface area (Å²) in [5.41, 5.74) is 1.04. The van der Waals surface area contributed by atoms with Crippen molar-refractivity contribution in [3.63, 3.8) is 0 Å². The Labute approximate surface area is 140 Å². The molecule has 4 nitrogen and oxygen atoms in total. The minimum absolute atomic E-state index is 0.0570. The summed E-state index contributed by atoms with van der Waals surface area (Å²) in [4.78, 5) is 25.8. The molecule has 0 aliphatic carbocycles. The molecular formula is C16H21ClN2O2S. The summed E-state index contributed by atoms with van der Waals surface area (Å²) in [7, 11) is 0. The summed E-state index contributed by atoms with van der Waals surface area (Å²) in [6, 6.07) is 7.67. The highest BCUT2D eigenvalue weighted by molar-refractivity contribution is 7.99. The summed E-state index contributed by atoms with van der Waals surface area (Å²) in [5, 5.41) is 3.56. The van der Waals surface area contributed by atoms with Gasteiger partial charge in [0.05, 0.1) is 11.7 Å². The number of nitrogens with zero attached hydrogens (tertiary/aromatic N) is 1. The Hall–Kier alpha value is -1.20. The van der Waals surface area contributed by atoms with Crippen LogP contribution in [0.5, 0.6) is 0 Å². The van der Waals surface area contributed by atoms with Crippen molar-refractivity contribution >= 4 is 35.2 Å². The lowest BCUT2D eigenvalue weighted by molar-refractivity contribution is -0.128. The van der Waals surface area contributed by atoms with E-state index < -0.39 is 0 Å². The molecule has 1 atom stereocenters. The Kier molecular flexibility index (Phi) is 6.58. The van der Waals surface area contributed by atoms with Crippen LogP contribution >= 0.6 is 23.4 Å². The fourth-order valence-corrected chi connectivity index (χ4v) is 3.69. The van der Waals surface area contributed by atoms with Gasteiger partial charge in [-0.25, -0.2) is 0 Å². The van der Waals surface area contributed by atoms with Crippen molar-refractivity contribution in [2.45, 2.75) is 19.1 Å². The number of rotatable bonds is 6. The quantitative estimate of drug-likeness (QED) is 0.865. The molecule has 0 bridgehead atoms. The molecular weight excluding hydrogens is 320 g/mol. The number of hydrogen-bond donors (Lipinski definition) is 1. The smallest absolute Gasteiger partial charge is 0.232 e. The second-order valence-electron chi connectivity index (χ2n) is 5.30. The Balaban J connectivity index is 1.74. The van der Waals surface area contributed by atoms with Crippen molar-refractivity contribution in [2.75, 3.05) is 25.4 Å². The van der Waals surface area contributed by atoms with Crippen molar-refractivity contribution in [3.05, 3.63) is 34.9 Å². The first-order chi connectivity index (χ1) is 10.6. The van der Waals surface area contributed by atoms with Crippen molar-refractivity contribution in [1.29, 1.82) is 0 Å². The summed E-state index contributed by atoms with van der Waals surface area (Å²) in [6.45, 7) is 3.75. The maximum Gasteiger partial charge on any atom is 0.232 e. The largest absolute Gasteiger partial charge is 0.356 e. The molecule has 1 fully saturated rings. The second-order valence-corrected chi connectivity index (χ2v) is 6.70. The van der Waals surface area contributed by atoms with E-state index >= 15 is 0 Å². The van der Waals surface area contributed by atoms with E-state index in [1.54, 1.807) is 16.7 Å². The van der Waals surface area contributed by atoms with Crippen LogP contribution in [0.15, 0.2) is 24.3 Å². The van der Waals surface area contributed by atoms with E-state index in [9.17, 15) is 9.59 Å². The third kappa shape index (κ3) is 4.65. The predicted octanol–water partition coefficient (Wildman–Crippen LogP) is 2.56. The first-order valence-electron chi connectivity index (χ1n) is 7.48. The highest BCUT2D eigenvalue weighted by Gasteiger charge is 2.30. The summed E-state index contributed by atoms with van der Waals surface area (Å²) >= 11 is 7.66. The average molecular weight is 341 g/mol. The van der Waals surface area contributed by atoms with Crippen molar-refractivity contribution in [1.82, 2.24) is 10.2 Å².